The fourth-order valence-electron chi connectivity index (χ4n) is 2.48. The van der Waals surface area contributed by atoms with Crippen LogP contribution in [0.3, 0.4) is 0 Å². The largest absolute Gasteiger partial charge is 0.354 e. The molecule has 0 radical (unpaired) electrons. The predicted molar refractivity (Wildman–Crippen MR) is 74.1 cm³/mol. The van der Waals surface area contributed by atoms with Crippen molar-refractivity contribution in [3.63, 3.8) is 0 Å². The van der Waals surface area contributed by atoms with E-state index in [-0.39, 0.29) is 24.9 Å². The van der Waals surface area contributed by atoms with Crippen molar-refractivity contribution in [1.29, 1.82) is 0 Å². The van der Waals surface area contributed by atoms with Gasteiger partial charge in [-0.25, -0.2) is 4.68 Å². The highest BCUT2D eigenvalue weighted by Crippen LogP contribution is 2.31. The number of likely N-dealkylation sites (N-methyl/N-ethyl adjacent to an activating group) is 1. The quantitative estimate of drug-likeness (QED) is 0.640. The number of amides is 2. The maximum atomic E-state index is 11.8. The number of carbonyl (C=O) groups is 2. The van der Waals surface area contributed by atoms with Crippen molar-refractivity contribution in [2.75, 3.05) is 25.5 Å². The normalized spacial score (nSPS) is 15.2. The van der Waals surface area contributed by atoms with Crippen LogP contribution in [-0.4, -0.2) is 41.7 Å². The summed E-state index contributed by atoms with van der Waals surface area (Å²) >= 11 is 0. The third-order valence-corrected chi connectivity index (χ3v) is 3.55. The first-order chi connectivity index (χ1) is 9.70. The SMILES string of the molecule is CNC(=O)C[NH2+]CC(=O)Nc1ccnn1C1CCCC1. The van der Waals surface area contributed by atoms with Crippen LogP contribution < -0.4 is 16.0 Å². The molecule has 1 heterocycles. The van der Waals surface area contributed by atoms with E-state index in [1.54, 1.807) is 18.6 Å². The number of nitrogens with zero attached hydrogens (tertiary/aromatic N) is 2. The maximum Gasteiger partial charge on any atom is 0.280 e. The first kappa shape index (κ1) is 14.5. The Morgan fingerprint density at radius 3 is 2.75 bits per heavy atom. The molecule has 0 spiro atoms. The molecule has 1 fully saturated rings. The molecule has 0 aliphatic heterocycles. The van der Waals surface area contributed by atoms with Crippen molar-refractivity contribution < 1.29 is 14.9 Å². The summed E-state index contributed by atoms with van der Waals surface area (Å²) in [6.45, 7) is 0.481. The fourth-order valence-corrected chi connectivity index (χ4v) is 2.48. The van der Waals surface area contributed by atoms with Crippen molar-refractivity contribution >= 4 is 17.6 Å². The van der Waals surface area contributed by atoms with Gasteiger partial charge in [-0.15, -0.1) is 0 Å². The second-order valence-electron chi connectivity index (χ2n) is 5.02. The van der Waals surface area contributed by atoms with Gasteiger partial charge in [-0.05, 0) is 12.8 Å². The Morgan fingerprint density at radius 1 is 1.35 bits per heavy atom. The van der Waals surface area contributed by atoms with Crippen LogP contribution in [0.25, 0.3) is 0 Å². The Balaban J connectivity index is 1.82. The molecule has 1 saturated carbocycles. The Kier molecular flexibility index (Phi) is 5.11. The van der Waals surface area contributed by atoms with Gasteiger partial charge in [0.05, 0.1) is 12.2 Å². The molecule has 110 valence electrons. The van der Waals surface area contributed by atoms with Crippen LogP contribution in [0.2, 0.25) is 0 Å². The van der Waals surface area contributed by atoms with E-state index in [0.717, 1.165) is 18.7 Å². The molecule has 1 aromatic rings. The molecular weight excluding hydrogens is 258 g/mol. The van der Waals surface area contributed by atoms with Crippen LogP contribution in [0.1, 0.15) is 31.7 Å². The molecule has 1 aromatic heterocycles. The van der Waals surface area contributed by atoms with Gasteiger partial charge in [-0.2, -0.15) is 5.10 Å². The minimum atomic E-state index is -0.117. The Morgan fingerprint density at radius 2 is 2.05 bits per heavy atom. The van der Waals surface area contributed by atoms with E-state index in [1.165, 1.54) is 12.8 Å². The lowest BCUT2D eigenvalue weighted by Gasteiger charge is -2.14. The van der Waals surface area contributed by atoms with Gasteiger partial charge < -0.3 is 16.0 Å². The molecule has 20 heavy (non-hydrogen) atoms. The van der Waals surface area contributed by atoms with Gasteiger partial charge in [0.25, 0.3) is 11.8 Å². The molecule has 7 heteroatoms. The zero-order valence-corrected chi connectivity index (χ0v) is 11.8. The number of nitrogens with two attached hydrogens (primary N) is 1. The number of anilines is 1. The molecule has 2 amide bonds. The number of hydrogen-bond donors (Lipinski definition) is 3. The van der Waals surface area contributed by atoms with E-state index in [0.29, 0.717) is 6.04 Å². The van der Waals surface area contributed by atoms with Gasteiger partial charge >= 0.3 is 0 Å². The summed E-state index contributed by atoms with van der Waals surface area (Å²) in [5, 5.41) is 11.3. The highest BCUT2D eigenvalue weighted by Gasteiger charge is 2.20. The zero-order valence-electron chi connectivity index (χ0n) is 11.8. The molecule has 7 nitrogen and oxygen atoms in total. The number of rotatable bonds is 6. The molecule has 0 atom stereocenters. The summed E-state index contributed by atoms with van der Waals surface area (Å²) in [5.41, 5.74) is 0. The minimum absolute atomic E-state index is 0.0891. The van der Waals surface area contributed by atoms with E-state index in [2.05, 4.69) is 15.7 Å². The van der Waals surface area contributed by atoms with Crippen molar-refractivity contribution in [1.82, 2.24) is 15.1 Å². The molecule has 2 rings (SSSR count). The van der Waals surface area contributed by atoms with Crippen molar-refractivity contribution in [3.05, 3.63) is 12.3 Å². The lowest BCUT2D eigenvalue weighted by atomic mass is 10.2. The van der Waals surface area contributed by atoms with E-state index < -0.39 is 0 Å². The molecule has 0 aromatic carbocycles. The van der Waals surface area contributed by atoms with Gasteiger partial charge in [0, 0.05) is 13.1 Å². The summed E-state index contributed by atoms with van der Waals surface area (Å²) in [7, 11) is 1.58. The summed E-state index contributed by atoms with van der Waals surface area (Å²) in [6.07, 6.45) is 6.39. The molecule has 0 saturated heterocycles. The van der Waals surface area contributed by atoms with Crippen LogP contribution in [-0.2, 0) is 9.59 Å². The van der Waals surface area contributed by atoms with Gasteiger partial charge in [0.15, 0.2) is 13.1 Å². The minimum Gasteiger partial charge on any atom is -0.354 e. The highest BCUT2D eigenvalue weighted by atomic mass is 16.2. The van der Waals surface area contributed by atoms with Gasteiger partial charge in [0.2, 0.25) is 0 Å². The number of carbonyl (C=O) groups excluding carboxylic acids is 2. The molecule has 0 bridgehead atoms. The monoisotopic (exact) mass is 280 g/mol. The first-order valence-electron chi connectivity index (χ1n) is 7.06. The number of aromatic nitrogens is 2. The van der Waals surface area contributed by atoms with E-state index in [1.807, 2.05) is 10.7 Å². The lowest BCUT2D eigenvalue weighted by Crippen LogP contribution is -2.88. The zero-order chi connectivity index (χ0) is 14.4. The lowest BCUT2D eigenvalue weighted by molar-refractivity contribution is -0.632. The second-order valence-corrected chi connectivity index (χ2v) is 5.02. The highest BCUT2D eigenvalue weighted by molar-refractivity contribution is 5.90. The van der Waals surface area contributed by atoms with E-state index in [4.69, 9.17) is 0 Å². The van der Waals surface area contributed by atoms with Crippen LogP contribution in [0.4, 0.5) is 5.82 Å². The Labute approximate surface area is 118 Å². The average molecular weight is 280 g/mol. The van der Waals surface area contributed by atoms with Crippen LogP contribution in [0, 0.1) is 0 Å². The van der Waals surface area contributed by atoms with Gasteiger partial charge in [0.1, 0.15) is 5.82 Å². The second kappa shape index (κ2) is 7.04. The fraction of sp³-hybridized carbons (Fsp3) is 0.615. The summed E-state index contributed by atoms with van der Waals surface area (Å²) in [5.74, 6) is 0.540. The average Bonchev–Trinajstić information content (AvgIpc) is 3.08. The molecule has 4 N–H and O–H groups in total. The van der Waals surface area contributed by atoms with Crippen molar-refractivity contribution in [2.24, 2.45) is 0 Å². The molecule has 1 aliphatic carbocycles. The molecular formula is C13H22N5O2+. The van der Waals surface area contributed by atoms with Crippen LogP contribution in [0.5, 0.6) is 0 Å². The van der Waals surface area contributed by atoms with Crippen LogP contribution in [0.15, 0.2) is 12.3 Å². The Bertz CT molecular complexity index is 465. The van der Waals surface area contributed by atoms with Crippen molar-refractivity contribution in [3.8, 4) is 0 Å². The third kappa shape index (κ3) is 3.80. The number of quaternary nitrogens is 1. The van der Waals surface area contributed by atoms with Gasteiger partial charge in [-0.1, -0.05) is 12.8 Å². The van der Waals surface area contributed by atoms with Crippen LogP contribution >= 0.6 is 0 Å². The van der Waals surface area contributed by atoms with E-state index >= 15 is 0 Å². The molecule has 0 unspecified atom stereocenters. The number of hydrogen-bond acceptors (Lipinski definition) is 3. The first-order valence-corrected chi connectivity index (χ1v) is 7.06. The topological polar surface area (TPSA) is 92.6 Å². The summed E-state index contributed by atoms with van der Waals surface area (Å²) < 4.78 is 1.91. The third-order valence-electron chi connectivity index (χ3n) is 3.55. The summed E-state index contributed by atoms with van der Waals surface area (Å²) in [4.78, 5) is 22.9. The van der Waals surface area contributed by atoms with Gasteiger partial charge in [-0.3, -0.25) is 9.59 Å². The predicted octanol–water partition coefficient (Wildman–Crippen LogP) is -0.754. The maximum absolute atomic E-state index is 11.8. The van der Waals surface area contributed by atoms with Crippen molar-refractivity contribution in [2.45, 2.75) is 31.7 Å². The standard InChI is InChI=1S/C13H21N5O2/c1-14-12(19)8-15-9-13(20)17-11-6-7-16-18(11)10-4-2-3-5-10/h6-7,10,15H,2-5,8-9H2,1H3,(H,14,19)(H,17,20)/p+1. The smallest absolute Gasteiger partial charge is 0.280 e. The molecule has 1 aliphatic rings. The van der Waals surface area contributed by atoms with E-state index in [9.17, 15) is 9.59 Å². The summed E-state index contributed by atoms with van der Waals surface area (Å²) in [6, 6.07) is 2.21. The Hall–Kier alpha value is -1.89. The number of nitrogens with one attached hydrogen (secondary N) is 2.